The number of carbonyl (C=O) groups excluding carboxylic acids is 2. The number of benzene rings is 1. The quantitative estimate of drug-likeness (QED) is 0.383. The Bertz CT molecular complexity index is 1190. The Morgan fingerprint density at radius 3 is 2.65 bits per heavy atom. The van der Waals surface area contributed by atoms with E-state index in [1.807, 2.05) is 12.1 Å². The fourth-order valence-corrected chi connectivity index (χ4v) is 4.51. The average molecular weight is 503 g/mol. The smallest absolute Gasteiger partial charge is 0.273 e. The number of aromatic nitrogens is 2. The van der Waals surface area contributed by atoms with Gasteiger partial charge in [0.25, 0.3) is 5.91 Å². The van der Waals surface area contributed by atoms with Crippen molar-refractivity contribution in [3.05, 3.63) is 59.9 Å². The summed E-state index contributed by atoms with van der Waals surface area (Å²) in [7, 11) is 1.55. The maximum absolute atomic E-state index is 12.5. The lowest BCUT2D eigenvalue weighted by Crippen LogP contribution is -2.33. The molecule has 1 saturated carbocycles. The summed E-state index contributed by atoms with van der Waals surface area (Å²) in [6.45, 7) is 7.76. The van der Waals surface area contributed by atoms with Crippen molar-refractivity contribution in [3.8, 4) is 0 Å². The van der Waals surface area contributed by atoms with Gasteiger partial charge in [0.05, 0.1) is 5.69 Å². The molecule has 0 saturated heterocycles. The second-order valence-electron chi connectivity index (χ2n) is 10.0. The van der Waals surface area contributed by atoms with E-state index in [0.717, 1.165) is 42.6 Å². The molecule has 3 N–H and O–H groups in total. The minimum Gasteiger partial charge on any atom is -0.370 e. The molecule has 4 rings (SSSR count). The molecule has 2 heterocycles. The van der Waals surface area contributed by atoms with Crippen molar-refractivity contribution in [2.75, 3.05) is 24.2 Å². The monoisotopic (exact) mass is 502 g/mol. The van der Waals surface area contributed by atoms with E-state index in [4.69, 9.17) is 0 Å². The maximum Gasteiger partial charge on any atom is 0.273 e. The molecule has 2 amide bonds. The molecule has 0 spiro atoms. The van der Waals surface area contributed by atoms with Gasteiger partial charge in [-0.05, 0) is 54.9 Å². The van der Waals surface area contributed by atoms with Crippen molar-refractivity contribution in [2.24, 2.45) is 11.8 Å². The lowest BCUT2D eigenvalue weighted by atomic mass is 9.95. The van der Waals surface area contributed by atoms with Gasteiger partial charge in [-0.3, -0.25) is 9.59 Å². The number of hydrogen-bond acceptors (Lipinski definition) is 6. The molecule has 1 fully saturated rings. The van der Waals surface area contributed by atoms with Gasteiger partial charge in [-0.25, -0.2) is 0 Å². The number of nitrogens with zero attached hydrogens (tertiary/aromatic N) is 3. The molecule has 1 aliphatic carbocycles. The standard InChI is InChI=1S/C29H38N6O2/c1-5-19(3)15-24(6-2)35-14-8-10-22(18-35)21-9-7-11-23(16-21)31-25-17-26(32-28(36)20-12-13-20)33-34-27(25)29(37)30-4/h7-11,16-20,24H,5-6,12-15H2,1-4H3,(H,30,37)(H2,31,32,33,36). The summed E-state index contributed by atoms with van der Waals surface area (Å²) in [5, 5.41) is 16.9. The molecular weight excluding hydrogens is 464 g/mol. The molecule has 0 radical (unpaired) electrons. The van der Waals surface area contributed by atoms with E-state index in [2.05, 4.69) is 82.3 Å². The highest BCUT2D eigenvalue weighted by Gasteiger charge is 2.30. The van der Waals surface area contributed by atoms with Gasteiger partial charge >= 0.3 is 0 Å². The van der Waals surface area contributed by atoms with Gasteiger partial charge in [0, 0.05) is 43.5 Å². The Morgan fingerprint density at radius 2 is 1.95 bits per heavy atom. The zero-order chi connectivity index (χ0) is 26.4. The summed E-state index contributed by atoms with van der Waals surface area (Å²) in [6, 6.07) is 10.3. The van der Waals surface area contributed by atoms with Crippen LogP contribution >= 0.6 is 0 Å². The maximum atomic E-state index is 12.5. The van der Waals surface area contributed by atoms with Crippen molar-refractivity contribution in [1.82, 2.24) is 20.4 Å². The molecule has 8 heteroatoms. The van der Waals surface area contributed by atoms with Crippen LogP contribution in [0.15, 0.2) is 48.7 Å². The summed E-state index contributed by atoms with van der Waals surface area (Å²) in [6.07, 6.45) is 11.9. The van der Waals surface area contributed by atoms with Crippen molar-refractivity contribution in [1.29, 1.82) is 0 Å². The van der Waals surface area contributed by atoms with Gasteiger partial charge in [0.15, 0.2) is 11.5 Å². The lowest BCUT2D eigenvalue weighted by molar-refractivity contribution is -0.117. The number of anilines is 3. The average Bonchev–Trinajstić information content (AvgIpc) is 3.77. The first-order valence-corrected chi connectivity index (χ1v) is 13.3. The number of rotatable bonds is 11. The lowest BCUT2D eigenvalue weighted by Gasteiger charge is -2.33. The summed E-state index contributed by atoms with van der Waals surface area (Å²) in [5.74, 6) is 0.648. The van der Waals surface area contributed by atoms with E-state index in [-0.39, 0.29) is 23.4 Å². The number of amides is 2. The van der Waals surface area contributed by atoms with Gasteiger partial charge in [-0.15, -0.1) is 10.2 Å². The van der Waals surface area contributed by atoms with Gasteiger partial charge in [0.1, 0.15) is 0 Å². The van der Waals surface area contributed by atoms with Crippen LogP contribution in [-0.2, 0) is 4.79 Å². The topological polar surface area (TPSA) is 99.2 Å². The molecule has 2 atom stereocenters. The van der Waals surface area contributed by atoms with E-state index < -0.39 is 0 Å². The second kappa shape index (κ2) is 12.0. The van der Waals surface area contributed by atoms with Gasteiger partial charge in [0.2, 0.25) is 5.91 Å². The van der Waals surface area contributed by atoms with E-state index in [0.29, 0.717) is 23.5 Å². The molecule has 1 aliphatic heterocycles. The number of carbonyl (C=O) groups is 2. The number of allylic oxidation sites excluding steroid dienone is 2. The van der Waals surface area contributed by atoms with Crippen LogP contribution in [0.1, 0.15) is 68.9 Å². The molecule has 2 aromatic rings. The first kappa shape index (κ1) is 26.4. The molecule has 2 aliphatic rings. The van der Waals surface area contributed by atoms with Crippen molar-refractivity contribution in [3.63, 3.8) is 0 Å². The largest absolute Gasteiger partial charge is 0.370 e. The Kier molecular flexibility index (Phi) is 8.58. The van der Waals surface area contributed by atoms with E-state index in [1.54, 1.807) is 13.1 Å². The first-order valence-electron chi connectivity index (χ1n) is 13.3. The molecule has 1 aromatic carbocycles. The molecule has 37 heavy (non-hydrogen) atoms. The first-order chi connectivity index (χ1) is 17.9. The highest BCUT2D eigenvalue weighted by molar-refractivity contribution is 5.99. The van der Waals surface area contributed by atoms with Crippen LogP contribution in [0.25, 0.3) is 5.57 Å². The van der Waals surface area contributed by atoms with Crippen molar-refractivity contribution >= 4 is 34.6 Å². The second-order valence-corrected chi connectivity index (χ2v) is 10.0. The van der Waals surface area contributed by atoms with Crippen LogP contribution in [0.2, 0.25) is 0 Å². The predicted octanol–water partition coefficient (Wildman–Crippen LogP) is 5.36. The highest BCUT2D eigenvalue weighted by atomic mass is 16.2. The zero-order valence-corrected chi connectivity index (χ0v) is 22.3. The van der Waals surface area contributed by atoms with Crippen LogP contribution in [-0.4, -0.2) is 46.5 Å². The van der Waals surface area contributed by atoms with E-state index >= 15 is 0 Å². The Morgan fingerprint density at radius 1 is 1.14 bits per heavy atom. The third kappa shape index (κ3) is 6.76. The van der Waals surface area contributed by atoms with Crippen LogP contribution < -0.4 is 16.0 Å². The third-order valence-corrected chi connectivity index (χ3v) is 7.14. The molecule has 8 nitrogen and oxygen atoms in total. The van der Waals surface area contributed by atoms with Gasteiger partial charge in [-0.2, -0.15) is 0 Å². The Balaban J connectivity index is 1.57. The van der Waals surface area contributed by atoms with E-state index in [1.165, 1.54) is 12.8 Å². The van der Waals surface area contributed by atoms with Gasteiger partial charge < -0.3 is 20.9 Å². The van der Waals surface area contributed by atoms with Crippen molar-refractivity contribution in [2.45, 2.75) is 58.9 Å². The summed E-state index contributed by atoms with van der Waals surface area (Å²) in [5.41, 5.74) is 3.68. The van der Waals surface area contributed by atoms with Crippen LogP contribution in [0, 0.1) is 11.8 Å². The minimum atomic E-state index is -0.355. The summed E-state index contributed by atoms with van der Waals surface area (Å²) >= 11 is 0. The normalized spacial score (nSPS) is 16.5. The third-order valence-electron chi connectivity index (χ3n) is 7.14. The molecule has 196 valence electrons. The zero-order valence-electron chi connectivity index (χ0n) is 22.3. The van der Waals surface area contributed by atoms with Gasteiger partial charge in [-0.1, -0.05) is 51.5 Å². The SMILES string of the molecule is CCC(C)CC(CC)N1C=C(c2cccc(Nc3cc(NC(=O)C4CC4)nnc3C(=O)NC)c2)C=CC1. The highest BCUT2D eigenvalue weighted by Crippen LogP contribution is 2.31. The number of nitrogens with one attached hydrogen (secondary N) is 3. The fraction of sp³-hybridized carbons (Fsp3) is 0.448. The molecule has 0 bridgehead atoms. The van der Waals surface area contributed by atoms with Crippen molar-refractivity contribution < 1.29 is 9.59 Å². The predicted molar refractivity (Wildman–Crippen MR) is 148 cm³/mol. The van der Waals surface area contributed by atoms with Crippen LogP contribution in [0.4, 0.5) is 17.2 Å². The number of hydrogen-bond donors (Lipinski definition) is 3. The minimum absolute atomic E-state index is 0.0439. The molecular formula is C29H38N6O2. The summed E-state index contributed by atoms with van der Waals surface area (Å²) < 4.78 is 0. The summed E-state index contributed by atoms with van der Waals surface area (Å²) in [4.78, 5) is 27.1. The van der Waals surface area contributed by atoms with Crippen LogP contribution in [0.5, 0.6) is 0 Å². The van der Waals surface area contributed by atoms with Crippen LogP contribution in [0.3, 0.4) is 0 Å². The Hall–Kier alpha value is -3.68. The molecule has 1 aromatic heterocycles. The fourth-order valence-electron chi connectivity index (χ4n) is 4.51. The Labute approximate surface area is 219 Å². The van der Waals surface area contributed by atoms with E-state index in [9.17, 15) is 9.59 Å². The molecule has 2 unspecified atom stereocenters.